The van der Waals surface area contributed by atoms with E-state index in [1.54, 1.807) is 6.07 Å². The summed E-state index contributed by atoms with van der Waals surface area (Å²) in [6.45, 7) is 0. The topological polar surface area (TPSA) is 76.0 Å². The van der Waals surface area contributed by atoms with Crippen molar-refractivity contribution in [3.05, 3.63) is 21.3 Å². The van der Waals surface area contributed by atoms with Crippen LogP contribution in [0.1, 0.15) is 11.7 Å². The first-order valence-corrected chi connectivity index (χ1v) is 5.41. The average molecular weight is 338 g/mol. The lowest BCUT2D eigenvalue weighted by Crippen LogP contribution is -2.12. The van der Waals surface area contributed by atoms with E-state index >= 15 is 0 Å². The second-order valence-electron chi connectivity index (χ2n) is 2.97. The Bertz CT molecular complexity index is 404. The van der Waals surface area contributed by atoms with Gasteiger partial charge in [0.2, 0.25) is 0 Å². The van der Waals surface area contributed by atoms with Gasteiger partial charge in [0.05, 0.1) is 14.2 Å². The largest absolute Gasteiger partial charge is 0.493 e. The number of aliphatic carboxylic acids is 1. The summed E-state index contributed by atoms with van der Waals surface area (Å²) in [5, 5.41) is 18.2. The maximum absolute atomic E-state index is 10.7. The van der Waals surface area contributed by atoms with E-state index in [1.165, 1.54) is 20.3 Å². The highest BCUT2D eigenvalue weighted by Crippen LogP contribution is 2.33. The van der Waals surface area contributed by atoms with Gasteiger partial charge in [-0.1, -0.05) is 0 Å². The number of carbonyl (C=O) groups is 1. The first-order chi connectivity index (χ1) is 7.51. The summed E-state index contributed by atoms with van der Waals surface area (Å²) in [5.74, 6) is -0.420. The predicted octanol–water partition coefficient (Wildman–Crippen LogP) is 1.43. The molecule has 2 N–H and O–H groups in total. The van der Waals surface area contributed by atoms with Gasteiger partial charge in [-0.2, -0.15) is 0 Å². The molecule has 0 radical (unpaired) electrons. The lowest BCUT2D eigenvalue weighted by Gasteiger charge is -2.13. The third-order valence-electron chi connectivity index (χ3n) is 2.03. The number of ether oxygens (including phenoxy) is 2. The van der Waals surface area contributed by atoms with Crippen molar-refractivity contribution in [2.24, 2.45) is 0 Å². The van der Waals surface area contributed by atoms with Gasteiger partial charge in [0.25, 0.3) is 0 Å². The molecule has 0 saturated carbocycles. The molecule has 88 valence electrons. The van der Waals surface area contributed by atoms with Gasteiger partial charge in [-0.05, 0) is 34.7 Å². The predicted molar refractivity (Wildman–Crippen MR) is 64.9 cm³/mol. The van der Waals surface area contributed by atoms with E-state index in [1.807, 2.05) is 22.6 Å². The Labute approximate surface area is 106 Å². The smallest absolute Gasteiger partial charge is 0.337 e. The van der Waals surface area contributed by atoms with Gasteiger partial charge in [-0.15, -0.1) is 0 Å². The number of halogens is 1. The van der Waals surface area contributed by atoms with Gasteiger partial charge in [0.15, 0.2) is 17.6 Å². The van der Waals surface area contributed by atoms with Gasteiger partial charge >= 0.3 is 5.97 Å². The molecule has 0 aliphatic rings. The number of benzene rings is 1. The summed E-state index contributed by atoms with van der Waals surface area (Å²) in [6, 6.07) is 3.07. The molecule has 0 aliphatic carbocycles. The number of carboxylic acid groups (broad SMARTS) is 1. The number of carboxylic acids is 1. The molecule has 1 unspecified atom stereocenters. The molecule has 6 heteroatoms. The van der Waals surface area contributed by atoms with E-state index < -0.39 is 12.1 Å². The lowest BCUT2D eigenvalue weighted by molar-refractivity contribution is -0.147. The summed E-state index contributed by atoms with van der Waals surface area (Å²) in [4.78, 5) is 10.7. The second kappa shape index (κ2) is 5.35. The Morgan fingerprint density at radius 1 is 1.31 bits per heavy atom. The van der Waals surface area contributed by atoms with Crippen LogP contribution in [0.25, 0.3) is 0 Å². The molecule has 5 nitrogen and oxygen atoms in total. The minimum absolute atomic E-state index is 0.283. The molecule has 1 atom stereocenters. The lowest BCUT2D eigenvalue weighted by atomic mass is 10.1. The number of aliphatic hydroxyl groups is 1. The Hall–Kier alpha value is -1.02. The average Bonchev–Trinajstić information content (AvgIpc) is 2.27. The number of methoxy groups -OCH3 is 2. The van der Waals surface area contributed by atoms with Crippen LogP contribution in [-0.2, 0) is 4.79 Å². The van der Waals surface area contributed by atoms with Gasteiger partial charge in [-0.3, -0.25) is 0 Å². The van der Waals surface area contributed by atoms with Crippen molar-refractivity contribution >= 4 is 28.6 Å². The maximum atomic E-state index is 10.7. The molecule has 0 bridgehead atoms. The highest BCUT2D eigenvalue weighted by atomic mass is 127. The van der Waals surface area contributed by atoms with Crippen molar-refractivity contribution < 1.29 is 24.5 Å². The van der Waals surface area contributed by atoms with Crippen LogP contribution in [-0.4, -0.2) is 30.4 Å². The molecule has 0 spiro atoms. The van der Waals surface area contributed by atoms with Crippen LogP contribution in [0.3, 0.4) is 0 Å². The molecule has 0 amide bonds. The third-order valence-corrected chi connectivity index (χ3v) is 2.97. The molecule has 0 aromatic heterocycles. The Balaban J connectivity index is 3.26. The number of hydrogen-bond acceptors (Lipinski definition) is 4. The van der Waals surface area contributed by atoms with E-state index in [2.05, 4.69) is 0 Å². The molecular weight excluding hydrogens is 327 g/mol. The Morgan fingerprint density at radius 2 is 1.81 bits per heavy atom. The zero-order valence-electron chi connectivity index (χ0n) is 8.73. The summed E-state index contributed by atoms with van der Waals surface area (Å²) >= 11 is 1.93. The first-order valence-electron chi connectivity index (χ1n) is 4.33. The van der Waals surface area contributed by atoms with E-state index in [-0.39, 0.29) is 5.56 Å². The summed E-state index contributed by atoms with van der Waals surface area (Å²) < 4.78 is 10.7. The third kappa shape index (κ3) is 2.56. The normalized spacial score (nSPS) is 12.0. The van der Waals surface area contributed by atoms with Crippen molar-refractivity contribution in [3.63, 3.8) is 0 Å². The maximum Gasteiger partial charge on any atom is 0.337 e. The van der Waals surface area contributed by atoms with Crippen LogP contribution in [0.5, 0.6) is 11.5 Å². The van der Waals surface area contributed by atoms with Crippen LogP contribution < -0.4 is 9.47 Å². The van der Waals surface area contributed by atoms with Crippen LogP contribution in [0, 0.1) is 3.57 Å². The van der Waals surface area contributed by atoms with Crippen LogP contribution >= 0.6 is 22.6 Å². The molecule has 1 aromatic rings. The first kappa shape index (κ1) is 13.0. The molecule has 0 fully saturated rings. The fraction of sp³-hybridized carbons (Fsp3) is 0.300. The number of aliphatic hydroxyl groups excluding tert-OH is 1. The fourth-order valence-electron chi connectivity index (χ4n) is 1.21. The van der Waals surface area contributed by atoms with Crippen molar-refractivity contribution in [1.29, 1.82) is 0 Å². The summed E-state index contributed by atoms with van der Waals surface area (Å²) in [5.41, 5.74) is 0.283. The second-order valence-corrected chi connectivity index (χ2v) is 4.13. The van der Waals surface area contributed by atoms with Crippen molar-refractivity contribution in [2.75, 3.05) is 14.2 Å². The molecule has 0 saturated heterocycles. The van der Waals surface area contributed by atoms with E-state index in [0.717, 1.165) is 0 Å². The number of rotatable bonds is 4. The highest BCUT2D eigenvalue weighted by Gasteiger charge is 2.21. The monoisotopic (exact) mass is 338 g/mol. The van der Waals surface area contributed by atoms with Gasteiger partial charge in [-0.25, -0.2) is 4.79 Å². The number of hydrogen-bond donors (Lipinski definition) is 2. The summed E-state index contributed by atoms with van der Waals surface area (Å²) in [7, 11) is 2.93. The molecule has 0 heterocycles. The zero-order chi connectivity index (χ0) is 12.3. The van der Waals surface area contributed by atoms with Crippen LogP contribution in [0.15, 0.2) is 12.1 Å². The van der Waals surface area contributed by atoms with Crippen molar-refractivity contribution in [3.8, 4) is 11.5 Å². The quantitative estimate of drug-likeness (QED) is 0.813. The molecule has 16 heavy (non-hydrogen) atoms. The van der Waals surface area contributed by atoms with Crippen LogP contribution in [0.2, 0.25) is 0 Å². The molecule has 0 aliphatic heterocycles. The van der Waals surface area contributed by atoms with Crippen molar-refractivity contribution in [2.45, 2.75) is 6.10 Å². The molecular formula is C10H11IO5. The summed E-state index contributed by atoms with van der Waals surface area (Å²) in [6.07, 6.45) is -1.56. The Kier molecular flexibility index (Phi) is 4.36. The van der Waals surface area contributed by atoms with E-state index in [4.69, 9.17) is 14.6 Å². The van der Waals surface area contributed by atoms with Crippen LogP contribution in [0.4, 0.5) is 0 Å². The standard InChI is InChI=1S/C10H11IO5/c1-15-7-3-5(9(12)10(13)14)6(11)4-8(7)16-2/h3-4,9,12H,1-2H3,(H,13,14). The van der Waals surface area contributed by atoms with E-state index in [0.29, 0.717) is 15.1 Å². The SMILES string of the molecule is COc1cc(I)c(C(O)C(=O)O)cc1OC. The minimum Gasteiger partial charge on any atom is -0.493 e. The fourth-order valence-corrected chi connectivity index (χ4v) is 1.95. The minimum atomic E-state index is -1.56. The van der Waals surface area contributed by atoms with Gasteiger partial charge in [0, 0.05) is 9.13 Å². The zero-order valence-corrected chi connectivity index (χ0v) is 10.9. The van der Waals surface area contributed by atoms with Gasteiger partial charge in [0.1, 0.15) is 0 Å². The Morgan fingerprint density at radius 3 is 2.25 bits per heavy atom. The molecule has 1 rings (SSSR count). The van der Waals surface area contributed by atoms with Crippen molar-refractivity contribution in [1.82, 2.24) is 0 Å². The van der Waals surface area contributed by atoms with Gasteiger partial charge < -0.3 is 19.7 Å². The molecule has 1 aromatic carbocycles. The van der Waals surface area contributed by atoms with E-state index in [9.17, 15) is 9.90 Å². The highest BCUT2D eigenvalue weighted by molar-refractivity contribution is 14.1.